The van der Waals surface area contributed by atoms with Crippen LogP contribution in [0.2, 0.25) is 0 Å². The Bertz CT molecular complexity index is 921. The highest BCUT2D eigenvalue weighted by Gasteiger charge is 2.52. The van der Waals surface area contributed by atoms with Crippen molar-refractivity contribution < 1.29 is 0 Å². The normalized spacial score (nSPS) is 31.8. The molecule has 0 fully saturated rings. The quantitative estimate of drug-likeness (QED) is 0.497. The summed E-state index contributed by atoms with van der Waals surface area (Å²) in [6.07, 6.45) is 25.6. The largest absolute Gasteiger partial charge is 0.0839 e. The lowest BCUT2D eigenvalue weighted by molar-refractivity contribution is 0.293. The Morgan fingerprint density at radius 3 is 2.65 bits per heavy atom. The van der Waals surface area contributed by atoms with Crippen molar-refractivity contribution in [2.45, 2.75) is 31.1 Å². The van der Waals surface area contributed by atoms with Gasteiger partial charge in [-0.15, -0.1) is 0 Å². The van der Waals surface area contributed by atoms with Crippen molar-refractivity contribution in [1.29, 1.82) is 0 Å². The molecule has 0 saturated heterocycles. The summed E-state index contributed by atoms with van der Waals surface area (Å²) in [7, 11) is 0. The Balaban J connectivity index is 1.80. The van der Waals surface area contributed by atoms with Gasteiger partial charge < -0.3 is 0 Å². The van der Waals surface area contributed by atoms with Crippen LogP contribution in [0.4, 0.5) is 0 Å². The number of hydrogen-bond acceptors (Lipinski definition) is 0. The zero-order chi connectivity index (χ0) is 17.6. The Morgan fingerprint density at radius 1 is 0.923 bits per heavy atom. The highest BCUT2D eigenvalue weighted by Crippen LogP contribution is 2.60. The van der Waals surface area contributed by atoms with E-state index in [1.165, 1.54) is 16.5 Å². The van der Waals surface area contributed by atoms with E-state index in [1.807, 2.05) is 0 Å². The van der Waals surface area contributed by atoms with Gasteiger partial charge in [0.15, 0.2) is 0 Å². The molecule has 0 aromatic heterocycles. The van der Waals surface area contributed by atoms with E-state index in [-0.39, 0.29) is 5.41 Å². The molecule has 0 radical (unpaired) electrons. The molecular formula is C25H23Br. The van der Waals surface area contributed by atoms with Gasteiger partial charge in [0.1, 0.15) is 0 Å². The van der Waals surface area contributed by atoms with Crippen molar-refractivity contribution >= 4 is 21.5 Å². The van der Waals surface area contributed by atoms with E-state index >= 15 is 0 Å². The molecule has 1 aromatic rings. The number of rotatable bonds is 2. The highest BCUT2D eigenvalue weighted by atomic mass is 79.9. The molecular weight excluding hydrogens is 380 g/mol. The lowest BCUT2D eigenvalue weighted by Gasteiger charge is -2.45. The fraction of sp³-hybridized carbons (Fsp3) is 0.280. The molecule has 4 aliphatic rings. The van der Waals surface area contributed by atoms with E-state index < -0.39 is 0 Å². The summed E-state index contributed by atoms with van der Waals surface area (Å²) < 4.78 is 1.22. The number of halogens is 1. The summed E-state index contributed by atoms with van der Waals surface area (Å²) in [5.41, 5.74) is 6.23. The van der Waals surface area contributed by atoms with E-state index in [1.54, 1.807) is 16.7 Å². The molecule has 130 valence electrons. The van der Waals surface area contributed by atoms with Crippen LogP contribution in [0.5, 0.6) is 0 Å². The van der Waals surface area contributed by atoms with Crippen molar-refractivity contribution in [3.63, 3.8) is 0 Å². The molecule has 0 bridgehead atoms. The standard InChI is InChI=1S/C25H23Br/c26-20-12-8-11-19(17-20)25(18-9-2-1-3-10-18)23-15-6-4-13-21(23)22-14-5-7-16-24(22)25/h1-4,6-9,12-13,15-19H,5,10-11,14H2. The third-order valence-electron chi connectivity index (χ3n) is 6.49. The second kappa shape index (κ2) is 6.39. The summed E-state index contributed by atoms with van der Waals surface area (Å²) in [6.45, 7) is 0. The van der Waals surface area contributed by atoms with Gasteiger partial charge in [-0.2, -0.15) is 0 Å². The van der Waals surface area contributed by atoms with Crippen LogP contribution in [0.3, 0.4) is 0 Å². The van der Waals surface area contributed by atoms with Crippen LogP contribution in [0.15, 0.2) is 89.0 Å². The van der Waals surface area contributed by atoms with Gasteiger partial charge in [-0.25, -0.2) is 0 Å². The molecule has 0 spiro atoms. The Morgan fingerprint density at radius 2 is 1.81 bits per heavy atom. The molecule has 3 unspecified atom stereocenters. The van der Waals surface area contributed by atoms with Gasteiger partial charge >= 0.3 is 0 Å². The third kappa shape index (κ3) is 2.26. The van der Waals surface area contributed by atoms with Crippen LogP contribution in [0.1, 0.15) is 36.8 Å². The Labute approximate surface area is 164 Å². The molecule has 0 N–H and O–H groups in total. The van der Waals surface area contributed by atoms with Crippen LogP contribution < -0.4 is 0 Å². The maximum atomic E-state index is 3.76. The van der Waals surface area contributed by atoms with Crippen LogP contribution in [-0.4, -0.2) is 0 Å². The van der Waals surface area contributed by atoms with Crippen molar-refractivity contribution in [2.75, 3.05) is 0 Å². The summed E-state index contributed by atoms with van der Waals surface area (Å²) in [5.74, 6) is 0.969. The molecule has 5 rings (SSSR count). The maximum absolute atomic E-state index is 3.76. The van der Waals surface area contributed by atoms with E-state index in [0.717, 1.165) is 19.3 Å². The molecule has 0 heterocycles. The zero-order valence-corrected chi connectivity index (χ0v) is 16.5. The monoisotopic (exact) mass is 402 g/mol. The van der Waals surface area contributed by atoms with Gasteiger partial charge in [-0.1, -0.05) is 94.9 Å². The first-order chi connectivity index (χ1) is 12.8. The SMILES string of the molecule is BrC1=CC(C2(C3C=CC=CC3)C3=C(CCC=C3)c3ccccc32)CC=C1. The molecule has 3 atom stereocenters. The van der Waals surface area contributed by atoms with E-state index in [9.17, 15) is 0 Å². The average Bonchev–Trinajstić information content (AvgIpc) is 3.00. The maximum Gasteiger partial charge on any atom is 0.0343 e. The first-order valence-corrected chi connectivity index (χ1v) is 10.5. The van der Waals surface area contributed by atoms with Gasteiger partial charge in [0, 0.05) is 9.90 Å². The molecule has 26 heavy (non-hydrogen) atoms. The van der Waals surface area contributed by atoms with E-state index in [2.05, 4.69) is 94.9 Å². The summed E-state index contributed by atoms with van der Waals surface area (Å²) >= 11 is 3.76. The predicted octanol–water partition coefficient (Wildman–Crippen LogP) is 7.03. The number of fused-ring (bicyclic) bond motifs is 2. The molecule has 1 heteroatoms. The third-order valence-corrected chi connectivity index (χ3v) is 7.02. The van der Waals surface area contributed by atoms with Gasteiger partial charge in [0.2, 0.25) is 0 Å². The van der Waals surface area contributed by atoms with Crippen LogP contribution >= 0.6 is 15.9 Å². The average molecular weight is 403 g/mol. The molecule has 1 aromatic carbocycles. The zero-order valence-electron chi connectivity index (χ0n) is 14.9. The molecule has 0 nitrogen and oxygen atoms in total. The summed E-state index contributed by atoms with van der Waals surface area (Å²) in [4.78, 5) is 0. The number of allylic oxidation sites excluding steroid dienone is 12. The van der Waals surface area contributed by atoms with Crippen molar-refractivity contribution in [1.82, 2.24) is 0 Å². The second-order valence-electron chi connectivity index (χ2n) is 7.70. The number of benzene rings is 1. The molecule has 0 saturated carbocycles. The molecule has 4 aliphatic carbocycles. The van der Waals surface area contributed by atoms with E-state index in [0.29, 0.717) is 11.8 Å². The van der Waals surface area contributed by atoms with Crippen LogP contribution in [-0.2, 0) is 5.41 Å². The van der Waals surface area contributed by atoms with Gasteiger partial charge in [0.25, 0.3) is 0 Å². The molecule has 0 aliphatic heterocycles. The van der Waals surface area contributed by atoms with Gasteiger partial charge in [-0.05, 0) is 59.8 Å². The Kier molecular flexibility index (Phi) is 4.01. The summed E-state index contributed by atoms with van der Waals surface area (Å²) in [5, 5.41) is 0. The van der Waals surface area contributed by atoms with Crippen molar-refractivity contribution in [3.05, 3.63) is 100 Å². The second-order valence-corrected chi connectivity index (χ2v) is 8.61. The predicted molar refractivity (Wildman–Crippen MR) is 114 cm³/mol. The lowest BCUT2D eigenvalue weighted by Crippen LogP contribution is -2.42. The smallest absolute Gasteiger partial charge is 0.0343 e. The van der Waals surface area contributed by atoms with Crippen molar-refractivity contribution in [3.8, 4) is 0 Å². The fourth-order valence-corrected chi connectivity index (χ4v) is 6.04. The first-order valence-electron chi connectivity index (χ1n) is 9.69. The minimum Gasteiger partial charge on any atom is -0.0839 e. The van der Waals surface area contributed by atoms with Crippen molar-refractivity contribution in [2.24, 2.45) is 11.8 Å². The van der Waals surface area contributed by atoms with E-state index in [4.69, 9.17) is 0 Å². The fourth-order valence-electron chi connectivity index (χ4n) is 5.54. The van der Waals surface area contributed by atoms with Gasteiger partial charge in [0.05, 0.1) is 0 Å². The highest BCUT2D eigenvalue weighted by molar-refractivity contribution is 9.11. The van der Waals surface area contributed by atoms with Gasteiger partial charge in [-0.3, -0.25) is 0 Å². The van der Waals surface area contributed by atoms with Crippen LogP contribution in [0, 0.1) is 11.8 Å². The molecule has 0 amide bonds. The minimum atomic E-state index is 0.0356. The Hall–Kier alpha value is -1.86. The lowest BCUT2D eigenvalue weighted by atomic mass is 9.57. The number of hydrogen-bond donors (Lipinski definition) is 0. The summed E-state index contributed by atoms with van der Waals surface area (Å²) in [6, 6.07) is 9.19. The van der Waals surface area contributed by atoms with Crippen LogP contribution in [0.25, 0.3) is 5.57 Å². The topological polar surface area (TPSA) is 0 Å². The first kappa shape index (κ1) is 16.3. The minimum absolute atomic E-state index is 0.0356.